The third-order valence-corrected chi connectivity index (χ3v) is 2.53. The van der Waals surface area contributed by atoms with Gasteiger partial charge in [0.1, 0.15) is 5.82 Å². The zero-order valence-electron chi connectivity index (χ0n) is 10.2. The zero-order valence-corrected chi connectivity index (χ0v) is 10.2. The van der Waals surface area contributed by atoms with Crippen molar-refractivity contribution in [3.8, 4) is 0 Å². The second kappa shape index (κ2) is 5.31. The highest BCUT2D eigenvalue weighted by Crippen LogP contribution is 2.09. The molecule has 1 amide bonds. The van der Waals surface area contributed by atoms with E-state index in [-0.39, 0.29) is 5.91 Å². The number of anilines is 2. The molecule has 0 aliphatic carbocycles. The van der Waals surface area contributed by atoms with Crippen LogP contribution in [0, 0.1) is 6.92 Å². The van der Waals surface area contributed by atoms with E-state index in [2.05, 4.69) is 10.3 Å². The maximum Gasteiger partial charge on any atom is 0.229 e. The Balaban J connectivity index is 1.98. The molecule has 0 aliphatic heterocycles. The second-order valence-electron chi connectivity index (χ2n) is 4.18. The molecule has 92 valence electrons. The Morgan fingerprint density at radius 2 is 2.00 bits per heavy atom. The molecule has 18 heavy (non-hydrogen) atoms. The lowest BCUT2D eigenvalue weighted by Gasteiger charge is -2.05. The fraction of sp³-hybridized carbons (Fsp3) is 0.143. The molecule has 4 nitrogen and oxygen atoms in total. The number of nitrogens with two attached hydrogens (primary N) is 1. The van der Waals surface area contributed by atoms with Crippen LogP contribution in [0.2, 0.25) is 0 Å². The molecule has 0 saturated heterocycles. The van der Waals surface area contributed by atoms with Crippen LogP contribution >= 0.6 is 0 Å². The standard InChI is InChI=1S/C14H15N3O/c1-10-6-7-16-13(8-10)17-14(18)9-11-2-4-12(15)5-3-11/h2-8H,9,15H2,1H3,(H,16,17,18). The normalized spacial score (nSPS) is 10.1. The van der Waals surface area contributed by atoms with Gasteiger partial charge in [0.25, 0.3) is 0 Å². The molecule has 0 bridgehead atoms. The van der Waals surface area contributed by atoms with Crippen molar-refractivity contribution < 1.29 is 4.79 Å². The lowest BCUT2D eigenvalue weighted by molar-refractivity contribution is -0.115. The van der Waals surface area contributed by atoms with Crippen molar-refractivity contribution in [1.29, 1.82) is 0 Å². The maximum atomic E-state index is 11.8. The van der Waals surface area contributed by atoms with Gasteiger partial charge in [0, 0.05) is 11.9 Å². The van der Waals surface area contributed by atoms with Gasteiger partial charge in [0.05, 0.1) is 6.42 Å². The minimum atomic E-state index is -0.0853. The lowest BCUT2D eigenvalue weighted by atomic mass is 10.1. The van der Waals surface area contributed by atoms with Crippen LogP contribution in [-0.4, -0.2) is 10.9 Å². The molecule has 0 aliphatic rings. The molecular weight excluding hydrogens is 226 g/mol. The number of carbonyl (C=O) groups excluding carboxylic acids is 1. The van der Waals surface area contributed by atoms with Gasteiger partial charge >= 0.3 is 0 Å². The van der Waals surface area contributed by atoms with Gasteiger partial charge in [-0.25, -0.2) is 4.98 Å². The van der Waals surface area contributed by atoms with E-state index >= 15 is 0 Å². The number of aryl methyl sites for hydroxylation is 1. The molecule has 1 heterocycles. The van der Waals surface area contributed by atoms with E-state index in [1.54, 1.807) is 18.3 Å². The van der Waals surface area contributed by atoms with Crippen LogP contribution in [0.25, 0.3) is 0 Å². The first-order valence-electron chi connectivity index (χ1n) is 5.70. The van der Waals surface area contributed by atoms with Crippen molar-refractivity contribution in [2.45, 2.75) is 13.3 Å². The lowest BCUT2D eigenvalue weighted by Crippen LogP contribution is -2.15. The fourth-order valence-electron chi connectivity index (χ4n) is 1.61. The Bertz CT molecular complexity index is 549. The molecule has 1 aromatic carbocycles. The summed E-state index contributed by atoms with van der Waals surface area (Å²) in [5.41, 5.74) is 8.27. The highest BCUT2D eigenvalue weighted by atomic mass is 16.1. The predicted octanol–water partition coefficient (Wildman–Crippen LogP) is 2.15. The maximum absolute atomic E-state index is 11.8. The molecule has 0 fully saturated rings. The molecular formula is C14H15N3O. The van der Waals surface area contributed by atoms with Crippen LogP contribution in [0.1, 0.15) is 11.1 Å². The number of carbonyl (C=O) groups is 1. The second-order valence-corrected chi connectivity index (χ2v) is 4.18. The van der Waals surface area contributed by atoms with Crippen LogP contribution in [0.3, 0.4) is 0 Å². The van der Waals surface area contributed by atoms with Crippen LogP contribution in [0.4, 0.5) is 11.5 Å². The van der Waals surface area contributed by atoms with Crippen LogP contribution in [0.5, 0.6) is 0 Å². The third-order valence-electron chi connectivity index (χ3n) is 2.53. The number of pyridine rings is 1. The summed E-state index contributed by atoms with van der Waals surface area (Å²) in [6, 6.07) is 11.0. The monoisotopic (exact) mass is 241 g/mol. The van der Waals surface area contributed by atoms with Gasteiger partial charge < -0.3 is 11.1 Å². The Morgan fingerprint density at radius 3 is 2.67 bits per heavy atom. The zero-order chi connectivity index (χ0) is 13.0. The first kappa shape index (κ1) is 12.1. The summed E-state index contributed by atoms with van der Waals surface area (Å²) in [6.07, 6.45) is 1.99. The van der Waals surface area contributed by atoms with Gasteiger partial charge in [-0.05, 0) is 42.3 Å². The van der Waals surface area contributed by atoms with Gasteiger partial charge in [-0.1, -0.05) is 12.1 Å². The summed E-state index contributed by atoms with van der Waals surface area (Å²) in [5.74, 6) is 0.494. The van der Waals surface area contributed by atoms with E-state index in [0.29, 0.717) is 17.9 Å². The number of hydrogen-bond acceptors (Lipinski definition) is 3. The van der Waals surface area contributed by atoms with E-state index in [9.17, 15) is 4.79 Å². The molecule has 0 unspecified atom stereocenters. The summed E-state index contributed by atoms with van der Waals surface area (Å²) in [4.78, 5) is 15.9. The largest absolute Gasteiger partial charge is 0.399 e. The van der Waals surface area contributed by atoms with Gasteiger partial charge in [0.2, 0.25) is 5.91 Å². The number of nitrogen functional groups attached to an aromatic ring is 1. The first-order valence-corrected chi connectivity index (χ1v) is 5.70. The summed E-state index contributed by atoms with van der Waals surface area (Å²) >= 11 is 0. The SMILES string of the molecule is Cc1ccnc(NC(=O)Cc2ccc(N)cc2)c1. The summed E-state index contributed by atoms with van der Waals surface area (Å²) in [5, 5.41) is 2.76. The topological polar surface area (TPSA) is 68.0 Å². The Kier molecular flexibility index (Phi) is 3.57. The number of amides is 1. The third kappa shape index (κ3) is 3.31. The number of benzene rings is 1. The van der Waals surface area contributed by atoms with Gasteiger partial charge in [-0.15, -0.1) is 0 Å². The first-order chi connectivity index (χ1) is 8.63. The summed E-state index contributed by atoms with van der Waals surface area (Å²) < 4.78 is 0. The number of nitrogens with one attached hydrogen (secondary N) is 1. The summed E-state index contributed by atoms with van der Waals surface area (Å²) in [6.45, 7) is 1.96. The van der Waals surface area contributed by atoms with Crippen molar-refractivity contribution in [3.05, 3.63) is 53.7 Å². The molecule has 1 aromatic heterocycles. The molecule has 0 saturated carbocycles. The minimum absolute atomic E-state index is 0.0853. The van der Waals surface area contributed by atoms with E-state index in [1.807, 2.05) is 31.2 Å². The van der Waals surface area contributed by atoms with Crippen molar-refractivity contribution in [1.82, 2.24) is 4.98 Å². The summed E-state index contributed by atoms with van der Waals surface area (Å²) in [7, 11) is 0. The van der Waals surface area contributed by atoms with E-state index in [1.165, 1.54) is 0 Å². The highest BCUT2D eigenvalue weighted by Gasteiger charge is 2.04. The van der Waals surface area contributed by atoms with E-state index in [0.717, 1.165) is 11.1 Å². The molecule has 3 N–H and O–H groups in total. The number of rotatable bonds is 3. The fourth-order valence-corrected chi connectivity index (χ4v) is 1.61. The van der Waals surface area contributed by atoms with Crippen molar-refractivity contribution in [2.24, 2.45) is 0 Å². The molecule has 0 radical (unpaired) electrons. The van der Waals surface area contributed by atoms with E-state index < -0.39 is 0 Å². The average molecular weight is 241 g/mol. The number of aromatic nitrogens is 1. The van der Waals surface area contributed by atoms with Crippen molar-refractivity contribution in [2.75, 3.05) is 11.1 Å². The highest BCUT2D eigenvalue weighted by molar-refractivity contribution is 5.91. The minimum Gasteiger partial charge on any atom is -0.399 e. The van der Waals surface area contributed by atoms with Gasteiger partial charge in [0.15, 0.2) is 0 Å². The Labute approximate surface area is 106 Å². The van der Waals surface area contributed by atoms with Crippen LogP contribution in [0.15, 0.2) is 42.6 Å². The number of hydrogen-bond donors (Lipinski definition) is 2. The van der Waals surface area contributed by atoms with E-state index in [4.69, 9.17) is 5.73 Å². The Morgan fingerprint density at radius 1 is 1.28 bits per heavy atom. The number of nitrogens with zero attached hydrogens (tertiary/aromatic N) is 1. The Hall–Kier alpha value is -2.36. The predicted molar refractivity (Wildman–Crippen MR) is 72.2 cm³/mol. The molecule has 2 rings (SSSR count). The van der Waals surface area contributed by atoms with Crippen LogP contribution < -0.4 is 11.1 Å². The molecule has 0 spiro atoms. The van der Waals surface area contributed by atoms with Crippen LogP contribution in [-0.2, 0) is 11.2 Å². The van der Waals surface area contributed by atoms with Crippen molar-refractivity contribution >= 4 is 17.4 Å². The average Bonchev–Trinajstić information content (AvgIpc) is 2.32. The smallest absolute Gasteiger partial charge is 0.229 e. The molecule has 2 aromatic rings. The van der Waals surface area contributed by atoms with Crippen molar-refractivity contribution in [3.63, 3.8) is 0 Å². The molecule has 0 atom stereocenters. The molecule has 4 heteroatoms. The quantitative estimate of drug-likeness (QED) is 0.809. The van der Waals surface area contributed by atoms with Gasteiger partial charge in [-0.2, -0.15) is 0 Å². The van der Waals surface area contributed by atoms with Gasteiger partial charge in [-0.3, -0.25) is 4.79 Å².